The van der Waals surface area contributed by atoms with Gasteiger partial charge in [-0.2, -0.15) is 5.10 Å². The van der Waals surface area contributed by atoms with Crippen molar-refractivity contribution in [2.75, 3.05) is 6.61 Å². The molecule has 0 bridgehead atoms. The van der Waals surface area contributed by atoms with Gasteiger partial charge < -0.3 is 4.74 Å². The van der Waals surface area contributed by atoms with Crippen LogP contribution in [0.2, 0.25) is 5.02 Å². The molecule has 0 spiro atoms. The monoisotopic (exact) mass is 289 g/mol. The Morgan fingerprint density at radius 3 is 2.90 bits per heavy atom. The molecule has 2 aromatic rings. The van der Waals surface area contributed by atoms with Crippen LogP contribution in [0.25, 0.3) is 0 Å². The number of carbonyl (C=O) groups excluding carboxylic acids is 1. The third-order valence-electron chi connectivity index (χ3n) is 2.32. The zero-order valence-corrected chi connectivity index (χ0v) is 11.2. The fourth-order valence-corrected chi connectivity index (χ4v) is 1.58. The Morgan fingerprint density at radius 2 is 2.15 bits per heavy atom. The molecule has 1 heterocycles. The van der Waals surface area contributed by atoms with Crippen molar-refractivity contribution in [2.45, 2.75) is 0 Å². The molecule has 1 amide bonds. The fraction of sp³-hybridized carbons (Fsp3) is 0.0714. The zero-order chi connectivity index (χ0) is 14.2. The molecule has 0 aliphatic heterocycles. The number of carbonyl (C=O) groups is 1. The summed E-state index contributed by atoms with van der Waals surface area (Å²) in [5.41, 5.74) is 2.89. The molecule has 6 heteroatoms. The van der Waals surface area contributed by atoms with E-state index in [1.54, 1.807) is 48.8 Å². The number of hydrogen-bond acceptors (Lipinski definition) is 4. The molecule has 0 aliphatic rings. The molecule has 5 nitrogen and oxygen atoms in total. The molecule has 0 aliphatic carbocycles. The molecular formula is C14H12ClN3O2. The predicted octanol–water partition coefficient (Wildman–Crippen LogP) is 2.53. The normalized spacial score (nSPS) is 10.4. The number of nitrogens with zero attached hydrogens (tertiary/aromatic N) is 2. The topological polar surface area (TPSA) is 63.6 Å². The number of rotatable bonds is 5. The molecular weight excluding hydrogens is 278 g/mol. The molecule has 1 aromatic carbocycles. The maximum absolute atomic E-state index is 11.6. The number of ether oxygens (including phenoxy) is 1. The average molecular weight is 290 g/mol. The fourth-order valence-electron chi connectivity index (χ4n) is 1.40. The van der Waals surface area contributed by atoms with E-state index in [1.165, 1.54) is 6.21 Å². The second-order valence-electron chi connectivity index (χ2n) is 3.76. The summed E-state index contributed by atoms with van der Waals surface area (Å²) in [5.74, 6) is 0.343. The summed E-state index contributed by atoms with van der Waals surface area (Å²) >= 11 is 5.82. The van der Waals surface area contributed by atoms with Crippen molar-refractivity contribution in [1.29, 1.82) is 0 Å². The maximum Gasteiger partial charge on any atom is 0.271 e. The van der Waals surface area contributed by atoms with Crippen LogP contribution in [-0.2, 0) is 0 Å². The lowest BCUT2D eigenvalue weighted by Gasteiger charge is -2.02. The van der Waals surface area contributed by atoms with Crippen LogP contribution in [0.15, 0.2) is 53.9 Å². The number of hydrogen-bond donors (Lipinski definition) is 1. The molecule has 20 heavy (non-hydrogen) atoms. The second-order valence-corrected chi connectivity index (χ2v) is 4.19. The van der Waals surface area contributed by atoms with Crippen LogP contribution < -0.4 is 10.2 Å². The van der Waals surface area contributed by atoms with Crippen LogP contribution in [0.3, 0.4) is 0 Å². The number of hydrazone groups is 1. The predicted molar refractivity (Wildman–Crippen MR) is 77.1 cm³/mol. The molecule has 0 saturated carbocycles. The summed E-state index contributed by atoms with van der Waals surface area (Å²) in [6, 6.07) is 10.2. The minimum Gasteiger partial charge on any atom is -0.488 e. The van der Waals surface area contributed by atoms with Crippen LogP contribution in [0.5, 0.6) is 5.75 Å². The Hall–Kier alpha value is -2.40. The molecule has 0 fully saturated rings. The lowest BCUT2D eigenvalue weighted by molar-refractivity contribution is 0.0955. The van der Waals surface area contributed by atoms with Crippen molar-refractivity contribution in [3.05, 3.63) is 59.4 Å². The average Bonchev–Trinajstić information content (AvgIpc) is 2.48. The van der Waals surface area contributed by atoms with Crippen LogP contribution in [0.1, 0.15) is 10.4 Å². The highest BCUT2D eigenvalue weighted by Gasteiger charge is 2.01. The van der Waals surface area contributed by atoms with E-state index in [0.29, 0.717) is 16.3 Å². The largest absolute Gasteiger partial charge is 0.488 e. The summed E-state index contributed by atoms with van der Waals surface area (Å²) in [6.07, 6.45) is 4.54. The molecule has 0 unspecified atom stereocenters. The first-order valence-electron chi connectivity index (χ1n) is 5.86. The molecule has 0 atom stereocenters. The van der Waals surface area contributed by atoms with E-state index in [1.807, 2.05) is 0 Å². The summed E-state index contributed by atoms with van der Waals surface area (Å²) in [7, 11) is 0. The first-order chi connectivity index (χ1) is 9.75. The highest BCUT2D eigenvalue weighted by atomic mass is 35.5. The first-order valence-corrected chi connectivity index (χ1v) is 6.24. The van der Waals surface area contributed by atoms with Crippen molar-refractivity contribution >= 4 is 23.7 Å². The van der Waals surface area contributed by atoms with Gasteiger partial charge in [-0.15, -0.1) is 0 Å². The number of aromatic nitrogens is 1. The quantitative estimate of drug-likeness (QED) is 0.679. The summed E-state index contributed by atoms with van der Waals surface area (Å²) in [4.78, 5) is 15.4. The number of nitrogens with one attached hydrogen (secondary N) is 1. The van der Waals surface area contributed by atoms with Gasteiger partial charge in [0.05, 0.1) is 6.21 Å². The van der Waals surface area contributed by atoms with Crippen molar-refractivity contribution in [3.8, 4) is 5.75 Å². The van der Waals surface area contributed by atoms with Gasteiger partial charge >= 0.3 is 0 Å². The van der Waals surface area contributed by atoms with Gasteiger partial charge in [-0.05, 0) is 30.3 Å². The zero-order valence-electron chi connectivity index (χ0n) is 10.5. The standard InChI is InChI=1S/C14H12ClN3O2/c15-12-2-1-3-13(10-12)20-9-8-17-18-14(19)11-4-6-16-7-5-11/h1-8,10H,9H2,(H,18,19)/b17-8+. The smallest absolute Gasteiger partial charge is 0.271 e. The Labute approximate surface area is 121 Å². The number of benzene rings is 1. The number of halogens is 1. The Balaban J connectivity index is 1.76. The molecule has 1 aromatic heterocycles. The van der Waals surface area contributed by atoms with Gasteiger partial charge in [-0.3, -0.25) is 9.78 Å². The molecule has 0 radical (unpaired) electrons. The SMILES string of the molecule is O=C(N/N=C/COc1cccc(Cl)c1)c1ccncc1. The minimum absolute atomic E-state index is 0.233. The van der Waals surface area contributed by atoms with Gasteiger partial charge in [0, 0.05) is 23.0 Å². The van der Waals surface area contributed by atoms with E-state index in [-0.39, 0.29) is 12.5 Å². The summed E-state index contributed by atoms with van der Waals surface area (Å²) < 4.78 is 5.38. The lowest BCUT2D eigenvalue weighted by atomic mass is 10.3. The van der Waals surface area contributed by atoms with E-state index in [2.05, 4.69) is 15.5 Å². The molecule has 1 N–H and O–H groups in total. The van der Waals surface area contributed by atoms with Gasteiger partial charge in [-0.25, -0.2) is 5.43 Å². The van der Waals surface area contributed by atoms with Crippen molar-refractivity contribution in [2.24, 2.45) is 5.10 Å². The van der Waals surface area contributed by atoms with Gasteiger partial charge in [0.1, 0.15) is 12.4 Å². The minimum atomic E-state index is -0.300. The Bertz CT molecular complexity index is 602. The van der Waals surface area contributed by atoms with Gasteiger partial charge in [0.2, 0.25) is 0 Å². The molecule has 2 rings (SSSR count). The van der Waals surface area contributed by atoms with Gasteiger partial charge in [0.25, 0.3) is 5.91 Å². The van der Waals surface area contributed by atoms with E-state index < -0.39 is 0 Å². The van der Waals surface area contributed by atoms with Crippen molar-refractivity contribution in [1.82, 2.24) is 10.4 Å². The molecule has 0 saturated heterocycles. The second kappa shape index (κ2) is 7.25. The number of pyridine rings is 1. The van der Waals surface area contributed by atoms with Crippen molar-refractivity contribution in [3.63, 3.8) is 0 Å². The van der Waals surface area contributed by atoms with Crippen LogP contribution >= 0.6 is 11.6 Å². The Kier molecular flexibility index (Phi) is 5.08. The van der Waals surface area contributed by atoms with E-state index >= 15 is 0 Å². The van der Waals surface area contributed by atoms with Crippen molar-refractivity contribution < 1.29 is 9.53 Å². The maximum atomic E-state index is 11.6. The van der Waals surface area contributed by atoms with E-state index in [9.17, 15) is 4.79 Å². The third-order valence-corrected chi connectivity index (χ3v) is 2.56. The highest BCUT2D eigenvalue weighted by molar-refractivity contribution is 6.30. The van der Waals surface area contributed by atoms with Crippen LogP contribution in [0.4, 0.5) is 0 Å². The lowest BCUT2D eigenvalue weighted by Crippen LogP contribution is -2.18. The first kappa shape index (κ1) is 14.0. The molecule has 102 valence electrons. The summed E-state index contributed by atoms with van der Waals surface area (Å²) in [6.45, 7) is 0.233. The van der Waals surface area contributed by atoms with E-state index in [4.69, 9.17) is 16.3 Å². The van der Waals surface area contributed by atoms with E-state index in [0.717, 1.165) is 0 Å². The van der Waals surface area contributed by atoms with Crippen LogP contribution in [0, 0.1) is 0 Å². The number of amides is 1. The van der Waals surface area contributed by atoms with Gasteiger partial charge in [0.15, 0.2) is 0 Å². The summed E-state index contributed by atoms with van der Waals surface area (Å²) in [5, 5.41) is 4.38. The third kappa shape index (κ3) is 4.37. The Morgan fingerprint density at radius 1 is 1.35 bits per heavy atom. The van der Waals surface area contributed by atoms with Crippen LogP contribution in [-0.4, -0.2) is 23.7 Å². The van der Waals surface area contributed by atoms with Gasteiger partial charge in [-0.1, -0.05) is 17.7 Å². The highest BCUT2D eigenvalue weighted by Crippen LogP contribution is 2.16.